The number of carbonyl (C=O) groups is 2. The third-order valence-electron chi connectivity index (χ3n) is 1.88. The number of alkyl halides is 1. The lowest BCUT2D eigenvalue weighted by Crippen LogP contribution is -2.51. The molecule has 0 aromatic carbocycles. The first-order chi connectivity index (χ1) is 7.43. The minimum absolute atomic E-state index is 0.0273. The van der Waals surface area contributed by atoms with Gasteiger partial charge in [0.2, 0.25) is 5.91 Å². The van der Waals surface area contributed by atoms with E-state index in [0.717, 1.165) is 0 Å². The highest BCUT2D eigenvalue weighted by Crippen LogP contribution is 2.02. The van der Waals surface area contributed by atoms with E-state index in [1.165, 1.54) is 0 Å². The number of carbonyl (C=O) groups excluding carboxylic acids is 2. The third kappa shape index (κ3) is 4.43. The number of urea groups is 1. The zero-order valence-electron chi connectivity index (χ0n) is 9.14. The molecule has 0 fully saturated rings. The summed E-state index contributed by atoms with van der Waals surface area (Å²) < 4.78 is 0. The number of nitrogens with one attached hydrogen (secondary N) is 1. The molecular weight excluding hydrogens is 236 g/mol. The van der Waals surface area contributed by atoms with Crippen LogP contribution in [0.5, 0.6) is 0 Å². The first-order valence-electron chi connectivity index (χ1n) is 4.70. The molecule has 0 aromatic heterocycles. The Morgan fingerprint density at radius 1 is 1.50 bits per heavy atom. The van der Waals surface area contributed by atoms with Gasteiger partial charge in [-0.2, -0.15) is 5.01 Å². The van der Waals surface area contributed by atoms with Crippen molar-refractivity contribution in [1.82, 2.24) is 10.3 Å². The third-order valence-corrected chi connectivity index (χ3v) is 2.05. The van der Waals surface area contributed by atoms with Crippen molar-refractivity contribution < 1.29 is 9.59 Å². The van der Waals surface area contributed by atoms with E-state index in [4.69, 9.17) is 17.3 Å². The zero-order valence-corrected chi connectivity index (χ0v) is 9.90. The Bertz CT molecular complexity index is 272. The van der Waals surface area contributed by atoms with Crippen LogP contribution in [0.3, 0.4) is 0 Å². The summed E-state index contributed by atoms with van der Waals surface area (Å²) in [6.45, 7) is 3.41. The number of primary amides is 1. The molecule has 7 nitrogen and oxygen atoms in total. The quantitative estimate of drug-likeness (QED) is 0.406. The van der Waals surface area contributed by atoms with E-state index in [2.05, 4.69) is 10.6 Å². The molecule has 0 unspecified atom stereocenters. The van der Waals surface area contributed by atoms with Crippen molar-refractivity contribution in [2.45, 2.75) is 19.9 Å². The number of halogens is 1. The van der Waals surface area contributed by atoms with Gasteiger partial charge in [-0.3, -0.25) is 4.79 Å². The maximum atomic E-state index is 11.4. The fourth-order valence-electron chi connectivity index (χ4n) is 1.03. The summed E-state index contributed by atoms with van der Waals surface area (Å²) in [4.78, 5) is 32.7. The largest absolute Gasteiger partial charge is 0.368 e. The molecule has 3 N–H and O–H groups in total. The maximum absolute atomic E-state index is 11.4. The molecule has 0 spiro atoms. The van der Waals surface area contributed by atoms with E-state index in [-0.39, 0.29) is 18.3 Å². The predicted molar refractivity (Wildman–Crippen MR) is 59.6 cm³/mol. The Kier molecular flexibility index (Phi) is 6.40. The van der Waals surface area contributed by atoms with Crippen LogP contribution < -0.4 is 11.1 Å². The molecule has 0 radical (unpaired) electrons. The average Bonchev–Trinajstić information content (AvgIpc) is 2.21. The Morgan fingerprint density at radius 2 is 2.06 bits per heavy atom. The lowest BCUT2D eigenvalue weighted by molar-refractivity contribution is -0.120. The first-order valence-corrected chi connectivity index (χ1v) is 5.24. The standard InChI is InChI=1S/C8H15ClN4O3/c1-5(2)6(7(10)14)11-8(15)13(12-16)4-3-9/h5-6H,3-4H2,1-2H3,(H2,10,14)(H,11,15)/t6-/m0/s1. The minimum atomic E-state index is -0.841. The lowest BCUT2D eigenvalue weighted by atomic mass is 10.0. The van der Waals surface area contributed by atoms with E-state index < -0.39 is 18.0 Å². The van der Waals surface area contributed by atoms with Crippen LogP contribution in [0.25, 0.3) is 0 Å². The van der Waals surface area contributed by atoms with Crippen molar-refractivity contribution >= 4 is 23.5 Å². The van der Waals surface area contributed by atoms with Gasteiger partial charge in [0.05, 0.1) is 11.8 Å². The smallest absolute Gasteiger partial charge is 0.341 e. The van der Waals surface area contributed by atoms with Crippen molar-refractivity contribution in [2.24, 2.45) is 16.9 Å². The highest BCUT2D eigenvalue weighted by Gasteiger charge is 2.24. The van der Waals surface area contributed by atoms with Gasteiger partial charge in [-0.15, -0.1) is 16.5 Å². The molecule has 0 saturated carbocycles. The molecule has 1 atom stereocenters. The molecule has 16 heavy (non-hydrogen) atoms. The van der Waals surface area contributed by atoms with Crippen LogP contribution in [0.1, 0.15) is 13.8 Å². The molecule has 0 saturated heterocycles. The fraction of sp³-hybridized carbons (Fsp3) is 0.750. The molecular formula is C8H15ClN4O3. The Hall–Kier alpha value is -1.37. The van der Waals surface area contributed by atoms with Crippen LogP contribution in [0.2, 0.25) is 0 Å². The predicted octanol–water partition coefficient (Wildman–Crippen LogP) is 0.428. The van der Waals surface area contributed by atoms with Crippen molar-refractivity contribution in [1.29, 1.82) is 0 Å². The highest BCUT2D eigenvalue weighted by molar-refractivity contribution is 6.18. The number of nitrogens with two attached hydrogens (primary N) is 1. The maximum Gasteiger partial charge on any atom is 0.341 e. The van der Waals surface area contributed by atoms with E-state index in [1.54, 1.807) is 13.8 Å². The van der Waals surface area contributed by atoms with Crippen LogP contribution in [-0.2, 0) is 4.79 Å². The lowest BCUT2D eigenvalue weighted by Gasteiger charge is -2.21. The highest BCUT2D eigenvalue weighted by atomic mass is 35.5. The van der Waals surface area contributed by atoms with E-state index in [9.17, 15) is 14.5 Å². The summed E-state index contributed by atoms with van der Waals surface area (Å²) >= 11 is 5.37. The minimum Gasteiger partial charge on any atom is -0.368 e. The molecule has 3 amide bonds. The van der Waals surface area contributed by atoms with Crippen LogP contribution in [0, 0.1) is 10.8 Å². The van der Waals surface area contributed by atoms with Gasteiger partial charge in [0, 0.05) is 5.88 Å². The van der Waals surface area contributed by atoms with E-state index >= 15 is 0 Å². The zero-order chi connectivity index (χ0) is 12.7. The normalized spacial score (nSPS) is 12.0. The number of rotatable bonds is 6. The second-order valence-corrected chi connectivity index (χ2v) is 3.85. The number of nitrogens with zero attached hydrogens (tertiary/aromatic N) is 2. The summed E-state index contributed by atoms with van der Waals surface area (Å²) in [6, 6.07) is -1.62. The SMILES string of the molecule is CC(C)[C@H](NC(=O)N(CCCl)N=O)C(N)=O. The number of hydrogen-bond donors (Lipinski definition) is 2. The summed E-state index contributed by atoms with van der Waals surface area (Å²) in [7, 11) is 0. The number of nitroso groups, excluding NO2 is 1. The van der Waals surface area contributed by atoms with Crippen LogP contribution >= 0.6 is 11.6 Å². The number of hydrogen-bond acceptors (Lipinski definition) is 4. The van der Waals surface area contributed by atoms with E-state index in [0.29, 0.717) is 5.01 Å². The van der Waals surface area contributed by atoms with Gasteiger partial charge in [-0.1, -0.05) is 13.8 Å². The first kappa shape index (κ1) is 14.6. The van der Waals surface area contributed by atoms with Crippen molar-refractivity contribution in [3.05, 3.63) is 4.91 Å². The molecule has 0 aromatic rings. The molecule has 0 heterocycles. The summed E-state index contributed by atoms with van der Waals surface area (Å²) in [6.07, 6.45) is 0. The molecule has 0 bridgehead atoms. The topological polar surface area (TPSA) is 105 Å². The Labute approximate surface area is 98.2 Å². The second kappa shape index (κ2) is 7.00. The molecule has 0 rings (SSSR count). The van der Waals surface area contributed by atoms with E-state index in [1.807, 2.05) is 0 Å². The van der Waals surface area contributed by atoms with Gasteiger partial charge in [-0.25, -0.2) is 4.79 Å². The summed E-state index contributed by atoms with van der Waals surface area (Å²) in [5, 5.41) is 5.40. The average molecular weight is 251 g/mol. The molecule has 92 valence electrons. The fourth-order valence-corrected chi connectivity index (χ4v) is 1.19. The van der Waals surface area contributed by atoms with Gasteiger partial charge < -0.3 is 11.1 Å². The van der Waals surface area contributed by atoms with Gasteiger partial charge in [-0.05, 0) is 5.92 Å². The van der Waals surface area contributed by atoms with Crippen molar-refractivity contribution in [3.8, 4) is 0 Å². The molecule has 0 aliphatic carbocycles. The number of amides is 3. The summed E-state index contributed by atoms with van der Waals surface area (Å²) in [5.74, 6) is -0.770. The monoisotopic (exact) mass is 250 g/mol. The van der Waals surface area contributed by atoms with Gasteiger partial charge in [0.15, 0.2) is 0 Å². The molecule has 8 heteroatoms. The molecule has 0 aliphatic rings. The Morgan fingerprint density at radius 3 is 2.38 bits per heavy atom. The second-order valence-electron chi connectivity index (χ2n) is 3.47. The van der Waals surface area contributed by atoms with Crippen molar-refractivity contribution in [3.63, 3.8) is 0 Å². The molecule has 0 aliphatic heterocycles. The van der Waals surface area contributed by atoms with Gasteiger partial charge >= 0.3 is 6.03 Å². The van der Waals surface area contributed by atoms with Gasteiger partial charge in [0.25, 0.3) is 0 Å². The Balaban J connectivity index is 4.49. The van der Waals surface area contributed by atoms with Crippen LogP contribution in [-0.4, -0.2) is 35.4 Å². The van der Waals surface area contributed by atoms with Crippen LogP contribution in [0.15, 0.2) is 5.29 Å². The van der Waals surface area contributed by atoms with Crippen molar-refractivity contribution in [2.75, 3.05) is 12.4 Å². The van der Waals surface area contributed by atoms with Crippen LogP contribution in [0.4, 0.5) is 4.79 Å². The van der Waals surface area contributed by atoms with Gasteiger partial charge in [0.1, 0.15) is 6.04 Å². The summed E-state index contributed by atoms with van der Waals surface area (Å²) in [5.41, 5.74) is 5.09.